The normalized spacial score (nSPS) is 47.7. The number of hydrogen-bond donors (Lipinski definition) is 0. The van der Waals surface area contributed by atoms with E-state index in [-0.39, 0.29) is 22.9 Å². The lowest BCUT2D eigenvalue weighted by atomic mass is 9.44. The van der Waals surface area contributed by atoms with Gasteiger partial charge in [0, 0.05) is 18.8 Å². The van der Waals surface area contributed by atoms with E-state index in [1.807, 2.05) is 0 Å². The van der Waals surface area contributed by atoms with E-state index >= 15 is 0 Å². The van der Waals surface area contributed by atoms with Crippen molar-refractivity contribution >= 4 is 11.8 Å². The lowest BCUT2D eigenvalue weighted by Gasteiger charge is -2.60. The molecule has 3 nitrogen and oxygen atoms in total. The van der Waals surface area contributed by atoms with Crippen LogP contribution >= 0.6 is 0 Å². The van der Waals surface area contributed by atoms with Crippen LogP contribution < -0.4 is 0 Å². The standard InChI is InChI=1S/C26H42O3/c1-6-7-16(2)21-10-11-22-20-9-8-18-14-19(29-17(3)27)12-13-25(18,4)23(20)15-24(28)26(21,22)5/h16,18-23H,6-15H2,1-5H3. The number of ketones is 1. The molecule has 164 valence electrons. The predicted molar refractivity (Wildman–Crippen MR) is 115 cm³/mol. The quantitative estimate of drug-likeness (QED) is 0.526. The SMILES string of the molecule is CCCC(C)C1CCC2C3CCC4CC(OC(C)=O)CCC4(C)C3CC(=O)C12C. The van der Waals surface area contributed by atoms with Crippen molar-refractivity contribution in [3.63, 3.8) is 0 Å². The molecule has 29 heavy (non-hydrogen) atoms. The minimum Gasteiger partial charge on any atom is -0.463 e. The van der Waals surface area contributed by atoms with E-state index in [4.69, 9.17) is 4.74 Å². The monoisotopic (exact) mass is 402 g/mol. The predicted octanol–water partition coefficient (Wildman–Crippen LogP) is 6.19. The zero-order valence-electron chi connectivity index (χ0n) is 19.3. The summed E-state index contributed by atoms with van der Waals surface area (Å²) in [5.74, 6) is 4.17. The molecule has 0 radical (unpaired) electrons. The maximum Gasteiger partial charge on any atom is 0.302 e. The minimum absolute atomic E-state index is 0.0755. The average Bonchev–Trinajstić information content (AvgIpc) is 3.02. The number of rotatable bonds is 4. The summed E-state index contributed by atoms with van der Waals surface area (Å²) >= 11 is 0. The fraction of sp³-hybridized carbons (Fsp3) is 0.923. The van der Waals surface area contributed by atoms with Crippen LogP contribution in [0.15, 0.2) is 0 Å². The van der Waals surface area contributed by atoms with Gasteiger partial charge in [-0.2, -0.15) is 0 Å². The molecule has 0 saturated heterocycles. The van der Waals surface area contributed by atoms with Crippen LogP contribution in [0.4, 0.5) is 0 Å². The Hall–Kier alpha value is -0.860. The van der Waals surface area contributed by atoms with Crippen LogP contribution in [0.3, 0.4) is 0 Å². The molecule has 0 aromatic carbocycles. The highest BCUT2D eigenvalue weighted by Crippen LogP contribution is 2.67. The van der Waals surface area contributed by atoms with Crippen LogP contribution in [-0.2, 0) is 14.3 Å². The molecule has 0 aliphatic heterocycles. The van der Waals surface area contributed by atoms with Gasteiger partial charge in [-0.05, 0) is 85.9 Å². The Morgan fingerprint density at radius 2 is 1.90 bits per heavy atom. The summed E-state index contributed by atoms with van der Waals surface area (Å²) < 4.78 is 5.59. The van der Waals surface area contributed by atoms with Crippen molar-refractivity contribution in [2.24, 2.45) is 46.3 Å². The second-order valence-corrected chi connectivity index (χ2v) is 11.5. The van der Waals surface area contributed by atoms with Gasteiger partial charge in [-0.15, -0.1) is 0 Å². The fourth-order valence-electron chi connectivity index (χ4n) is 8.87. The van der Waals surface area contributed by atoms with Crippen molar-refractivity contribution < 1.29 is 14.3 Å². The van der Waals surface area contributed by atoms with Crippen molar-refractivity contribution in [3.8, 4) is 0 Å². The molecule has 4 aliphatic carbocycles. The van der Waals surface area contributed by atoms with Gasteiger partial charge in [-0.25, -0.2) is 0 Å². The Balaban J connectivity index is 1.56. The Bertz CT molecular complexity index is 656. The molecule has 4 rings (SSSR count). The van der Waals surface area contributed by atoms with Gasteiger partial charge in [0.1, 0.15) is 11.9 Å². The first kappa shape index (κ1) is 21.4. The van der Waals surface area contributed by atoms with E-state index in [0.717, 1.165) is 31.6 Å². The zero-order chi connectivity index (χ0) is 21.0. The molecule has 4 fully saturated rings. The Kier molecular flexibility index (Phi) is 5.66. The van der Waals surface area contributed by atoms with Crippen molar-refractivity contribution in [2.45, 2.75) is 105 Å². The minimum atomic E-state index is -0.144. The summed E-state index contributed by atoms with van der Waals surface area (Å²) in [5.41, 5.74) is 0.178. The number of ether oxygens (including phenoxy) is 1. The summed E-state index contributed by atoms with van der Waals surface area (Å²) in [7, 11) is 0. The highest BCUT2D eigenvalue weighted by molar-refractivity contribution is 5.87. The number of esters is 1. The van der Waals surface area contributed by atoms with E-state index in [1.165, 1.54) is 45.4 Å². The fourth-order valence-corrected chi connectivity index (χ4v) is 8.87. The number of hydrogen-bond acceptors (Lipinski definition) is 3. The number of Topliss-reactive ketones (excluding diaryl/α,β-unsaturated/α-hetero) is 1. The summed E-state index contributed by atoms with van der Waals surface area (Å²) in [6, 6.07) is 0. The summed E-state index contributed by atoms with van der Waals surface area (Å²) in [4.78, 5) is 25.2. The van der Waals surface area contributed by atoms with Crippen molar-refractivity contribution in [1.29, 1.82) is 0 Å². The Labute approximate surface area is 177 Å². The number of carbonyl (C=O) groups excluding carboxylic acids is 2. The third-order valence-corrected chi connectivity index (χ3v) is 10.3. The van der Waals surface area contributed by atoms with Crippen LogP contribution in [0.1, 0.15) is 98.8 Å². The highest BCUT2D eigenvalue weighted by atomic mass is 16.5. The van der Waals surface area contributed by atoms with Gasteiger partial charge in [0.25, 0.3) is 0 Å². The van der Waals surface area contributed by atoms with Gasteiger partial charge < -0.3 is 4.74 Å². The van der Waals surface area contributed by atoms with Crippen LogP contribution in [0.2, 0.25) is 0 Å². The second kappa shape index (κ2) is 7.68. The van der Waals surface area contributed by atoms with Gasteiger partial charge in [-0.1, -0.05) is 40.5 Å². The zero-order valence-corrected chi connectivity index (χ0v) is 19.3. The van der Waals surface area contributed by atoms with E-state index in [9.17, 15) is 9.59 Å². The second-order valence-electron chi connectivity index (χ2n) is 11.5. The van der Waals surface area contributed by atoms with Crippen molar-refractivity contribution in [1.82, 2.24) is 0 Å². The van der Waals surface area contributed by atoms with Crippen molar-refractivity contribution in [3.05, 3.63) is 0 Å². The summed E-state index contributed by atoms with van der Waals surface area (Å²) in [6.45, 7) is 11.0. The number of carbonyl (C=O) groups is 2. The average molecular weight is 403 g/mol. The molecule has 0 spiro atoms. The smallest absolute Gasteiger partial charge is 0.302 e. The maximum atomic E-state index is 13.7. The molecular formula is C26H42O3. The van der Waals surface area contributed by atoms with Crippen molar-refractivity contribution in [2.75, 3.05) is 0 Å². The molecule has 0 amide bonds. The lowest BCUT2D eigenvalue weighted by molar-refractivity contribution is -0.167. The third-order valence-electron chi connectivity index (χ3n) is 10.3. The molecule has 4 saturated carbocycles. The molecule has 0 aromatic heterocycles. The van der Waals surface area contributed by atoms with E-state index < -0.39 is 0 Å². The van der Waals surface area contributed by atoms with Gasteiger partial charge >= 0.3 is 5.97 Å². The lowest BCUT2D eigenvalue weighted by Crippen LogP contribution is -2.57. The Morgan fingerprint density at radius 3 is 2.59 bits per heavy atom. The maximum absolute atomic E-state index is 13.7. The molecular weight excluding hydrogens is 360 g/mol. The van der Waals surface area contributed by atoms with Gasteiger partial charge in [0.05, 0.1) is 0 Å². The first-order chi connectivity index (χ1) is 13.7. The van der Waals surface area contributed by atoms with E-state index in [0.29, 0.717) is 35.4 Å². The molecule has 0 heterocycles. The molecule has 3 heteroatoms. The molecule has 9 unspecified atom stereocenters. The molecule has 0 N–H and O–H groups in total. The van der Waals surface area contributed by atoms with E-state index in [1.54, 1.807) is 0 Å². The van der Waals surface area contributed by atoms with Crippen LogP contribution in [-0.4, -0.2) is 17.9 Å². The molecule has 4 aliphatic rings. The van der Waals surface area contributed by atoms with Crippen LogP contribution in [0, 0.1) is 46.3 Å². The van der Waals surface area contributed by atoms with Gasteiger partial charge in [-0.3, -0.25) is 9.59 Å². The first-order valence-corrected chi connectivity index (χ1v) is 12.4. The molecule has 0 bridgehead atoms. The van der Waals surface area contributed by atoms with Crippen LogP contribution in [0.5, 0.6) is 0 Å². The Morgan fingerprint density at radius 1 is 1.14 bits per heavy atom. The first-order valence-electron chi connectivity index (χ1n) is 12.4. The van der Waals surface area contributed by atoms with E-state index in [2.05, 4.69) is 27.7 Å². The topological polar surface area (TPSA) is 43.4 Å². The van der Waals surface area contributed by atoms with Gasteiger partial charge in [0.2, 0.25) is 0 Å². The molecule has 9 atom stereocenters. The van der Waals surface area contributed by atoms with Crippen LogP contribution in [0.25, 0.3) is 0 Å². The highest BCUT2D eigenvalue weighted by Gasteiger charge is 2.64. The number of fused-ring (bicyclic) bond motifs is 5. The third kappa shape index (κ3) is 3.30. The summed E-state index contributed by atoms with van der Waals surface area (Å²) in [6.07, 6.45) is 11.5. The summed E-state index contributed by atoms with van der Waals surface area (Å²) in [5, 5.41) is 0. The molecule has 0 aromatic rings. The van der Waals surface area contributed by atoms with Gasteiger partial charge in [0.15, 0.2) is 0 Å². The largest absolute Gasteiger partial charge is 0.463 e.